The van der Waals surface area contributed by atoms with E-state index in [-0.39, 0.29) is 6.61 Å². The lowest BCUT2D eigenvalue weighted by Crippen LogP contribution is -2.34. The predicted molar refractivity (Wildman–Crippen MR) is 81.9 cm³/mol. The third kappa shape index (κ3) is 6.77. The zero-order valence-corrected chi connectivity index (χ0v) is 13.2. The normalized spacial score (nSPS) is 14.1. The molecule has 6 heteroatoms. The monoisotopic (exact) mass is 321 g/mol. The SMILES string of the molecule is COCC(C)CNCC(O)COc1ccc(Cl)cc1Cl. The Bertz CT molecular complexity index is 404. The van der Waals surface area contributed by atoms with Crippen molar-refractivity contribution in [2.45, 2.75) is 13.0 Å². The van der Waals surface area contributed by atoms with Crippen LogP contribution in [-0.2, 0) is 4.74 Å². The quantitative estimate of drug-likeness (QED) is 0.734. The summed E-state index contributed by atoms with van der Waals surface area (Å²) in [4.78, 5) is 0. The number of methoxy groups -OCH3 is 1. The first kappa shape index (κ1) is 17.5. The molecule has 0 bridgehead atoms. The Morgan fingerprint density at radius 1 is 1.25 bits per heavy atom. The minimum Gasteiger partial charge on any atom is -0.489 e. The van der Waals surface area contributed by atoms with E-state index in [1.54, 1.807) is 25.3 Å². The fourth-order valence-electron chi connectivity index (χ4n) is 1.68. The van der Waals surface area contributed by atoms with Crippen molar-refractivity contribution in [3.8, 4) is 5.75 Å². The van der Waals surface area contributed by atoms with Crippen LogP contribution in [0, 0.1) is 5.92 Å². The summed E-state index contributed by atoms with van der Waals surface area (Å²) in [6.45, 7) is 4.19. The molecule has 0 saturated carbocycles. The molecule has 2 unspecified atom stereocenters. The van der Waals surface area contributed by atoms with Gasteiger partial charge in [0.25, 0.3) is 0 Å². The second-order valence-electron chi connectivity index (χ2n) is 4.76. The van der Waals surface area contributed by atoms with Gasteiger partial charge in [-0.3, -0.25) is 0 Å². The van der Waals surface area contributed by atoms with E-state index in [1.807, 2.05) is 0 Å². The van der Waals surface area contributed by atoms with Gasteiger partial charge >= 0.3 is 0 Å². The fourth-order valence-corrected chi connectivity index (χ4v) is 2.14. The molecule has 0 aliphatic rings. The van der Waals surface area contributed by atoms with Gasteiger partial charge in [0.05, 0.1) is 5.02 Å². The standard InChI is InChI=1S/C14H21Cl2NO3/c1-10(8-19-2)6-17-7-12(18)9-20-14-4-3-11(15)5-13(14)16/h3-5,10,12,17-18H,6-9H2,1-2H3. The first-order valence-corrected chi connectivity index (χ1v) is 7.24. The lowest BCUT2D eigenvalue weighted by molar-refractivity contribution is 0.102. The van der Waals surface area contributed by atoms with E-state index in [4.69, 9.17) is 32.7 Å². The Morgan fingerprint density at radius 3 is 2.65 bits per heavy atom. The van der Waals surface area contributed by atoms with E-state index in [1.165, 1.54) is 0 Å². The zero-order chi connectivity index (χ0) is 15.0. The van der Waals surface area contributed by atoms with Crippen molar-refractivity contribution in [2.24, 2.45) is 5.92 Å². The summed E-state index contributed by atoms with van der Waals surface area (Å²) in [5, 5.41) is 14.0. The summed E-state index contributed by atoms with van der Waals surface area (Å²) in [6, 6.07) is 4.99. The summed E-state index contributed by atoms with van der Waals surface area (Å²) in [6.07, 6.45) is -0.600. The molecule has 0 heterocycles. The highest BCUT2D eigenvalue weighted by Gasteiger charge is 2.08. The number of aliphatic hydroxyl groups excluding tert-OH is 1. The van der Waals surface area contributed by atoms with E-state index in [0.29, 0.717) is 34.9 Å². The van der Waals surface area contributed by atoms with Gasteiger partial charge in [0, 0.05) is 25.3 Å². The van der Waals surface area contributed by atoms with Crippen molar-refractivity contribution in [1.29, 1.82) is 0 Å². The highest BCUT2D eigenvalue weighted by molar-refractivity contribution is 6.35. The molecule has 0 amide bonds. The fraction of sp³-hybridized carbons (Fsp3) is 0.571. The summed E-state index contributed by atoms with van der Waals surface area (Å²) >= 11 is 11.8. The van der Waals surface area contributed by atoms with Gasteiger partial charge in [-0.25, -0.2) is 0 Å². The average molecular weight is 322 g/mol. The summed E-state index contributed by atoms with van der Waals surface area (Å²) < 4.78 is 10.5. The number of hydrogen-bond acceptors (Lipinski definition) is 4. The van der Waals surface area contributed by atoms with Crippen molar-refractivity contribution < 1.29 is 14.6 Å². The molecule has 2 atom stereocenters. The van der Waals surface area contributed by atoms with Gasteiger partial charge in [0.2, 0.25) is 0 Å². The van der Waals surface area contributed by atoms with Crippen LogP contribution in [0.4, 0.5) is 0 Å². The van der Waals surface area contributed by atoms with Crippen LogP contribution >= 0.6 is 23.2 Å². The molecule has 0 aromatic heterocycles. The van der Waals surface area contributed by atoms with Gasteiger partial charge in [-0.05, 0) is 30.7 Å². The Morgan fingerprint density at radius 2 is 2.00 bits per heavy atom. The maximum absolute atomic E-state index is 9.81. The minimum absolute atomic E-state index is 0.174. The molecular weight excluding hydrogens is 301 g/mol. The number of nitrogens with one attached hydrogen (secondary N) is 1. The van der Waals surface area contributed by atoms with Gasteiger partial charge in [-0.15, -0.1) is 0 Å². The van der Waals surface area contributed by atoms with E-state index < -0.39 is 6.10 Å². The van der Waals surface area contributed by atoms with Gasteiger partial charge in [-0.1, -0.05) is 30.1 Å². The summed E-state index contributed by atoms with van der Waals surface area (Å²) in [5.41, 5.74) is 0. The molecule has 0 aliphatic carbocycles. The third-order valence-electron chi connectivity index (χ3n) is 2.65. The van der Waals surface area contributed by atoms with Gasteiger partial charge in [0.1, 0.15) is 18.5 Å². The summed E-state index contributed by atoms with van der Waals surface area (Å²) in [5.74, 6) is 0.918. The van der Waals surface area contributed by atoms with Crippen LogP contribution in [-0.4, -0.2) is 44.6 Å². The number of hydrogen-bond donors (Lipinski definition) is 2. The largest absolute Gasteiger partial charge is 0.489 e. The molecule has 0 spiro atoms. The molecule has 0 saturated heterocycles. The Kier molecular flexibility index (Phi) is 8.26. The van der Waals surface area contributed by atoms with Crippen molar-refractivity contribution in [3.05, 3.63) is 28.2 Å². The van der Waals surface area contributed by atoms with E-state index >= 15 is 0 Å². The second-order valence-corrected chi connectivity index (χ2v) is 5.60. The van der Waals surface area contributed by atoms with Crippen molar-refractivity contribution in [2.75, 3.05) is 33.4 Å². The molecule has 0 aliphatic heterocycles. The number of aliphatic hydroxyl groups is 1. The van der Waals surface area contributed by atoms with Crippen LogP contribution < -0.4 is 10.1 Å². The number of benzene rings is 1. The molecule has 0 fully saturated rings. The molecule has 1 aromatic rings. The Hall–Kier alpha value is -0.520. The smallest absolute Gasteiger partial charge is 0.138 e. The molecular formula is C14H21Cl2NO3. The molecule has 2 N–H and O–H groups in total. The van der Waals surface area contributed by atoms with Crippen LogP contribution in [0.15, 0.2) is 18.2 Å². The average Bonchev–Trinajstić information content (AvgIpc) is 2.38. The number of halogens is 2. The summed E-state index contributed by atoms with van der Waals surface area (Å²) in [7, 11) is 1.68. The van der Waals surface area contributed by atoms with Crippen LogP contribution in [0.2, 0.25) is 10.0 Å². The van der Waals surface area contributed by atoms with Crippen molar-refractivity contribution >= 4 is 23.2 Å². The maximum Gasteiger partial charge on any atom is 0.138 e. The number of ether oxygens (including phenoxy) is 2. The zero-order valence-electron chi connectivity index (χ0n) is 11.7. The lowest BCUT2D eigenvalue weighted by atomic mass is 10.2. The Labute approximate surface area is 130 Å². The Balaban J connectivity index is 2.24. The molecule has 1 aromatic carbocycles. The first-order valence-electron chi connectivity index (χ1n) is 6.48. The highest BCUT2D eigenvalue weighted by Crippen LogP contribution is 2.27. The van der Waals surface area contributed by atoms with Crippen LogP contribution in [0.25, 0.3) is 0 Å². The van der Waals surface area contributed by atoms with E-state index in [2.05, 4.69) is 12.2 Å². The molecule has 20 heavy (non-hydrogen) atoms. The third-order valence-corrected chi connectivity index (χ3v) is 3.18. The maximum atomic E-state index is 9.81. The molecule has 4 nitrogen and oxygen atoms in total. The first-order chi connectivity index (χ1) is 9.52. The van der Waals surface area contributed by atoms with Gasteiger partial charge in [-0.2, -0.15) is 0 Å². The van der Waals surface area contributed by atoms with Crippen molar-refractivity contribution in [3.63, 3.8) is 0 Å². The van der Waals surface area contributed by atoms with Gasteiger partial charge < -0.3 is 19.9 Å². The van der Waals surface area contributed by atoms with Crippen LogP contribution in [0.5, 0.6) is 5.75 Å². The van der Waals surface area contributed by atoms with E-state index in [9.17, 15) is 5.11 Å². The highest BCUT2D eigenvalue weighted by atomic mass is 35.5. The minimum atomic E-state index is -0.600. The molecule has 0 radical (unpaired) electrons. The van der Waals surface area contributed by atoms with Gasteiger partial charge in [0.15, 0.2) is 0 Å². The van der Waals surface area contributed by atoms with E-state index in [0.717, 1.165) is 6.54 Å². The molecule has 114 valence electrons. The predicted octanol–water partition coefficient (Wildman–Crippen LogP) is 2.61. The topological polar surface area (TPSA) is 50.7 Å². The van der Waals surface area contributed by atoms with Crippen LogP contribution in [0.3, 0.4) is 0 Å². The van der Waals surface area contributed by atoms with Crippen molar-refractivity contribution in [1.82, 2.24) is 5.32 Å². The molecule has 1 rings (SSSR count). The number of rotatable bonds is 9. The van der Waals surface area contributed by atoms with Crippen LogP contribution in [0.1, 0.15) is 6.92 Å². The lowest BCUT2D eigenvalue weighted by Gasteiger charge is -2.16. The second kappa shape index (κ2) is 9.42.